The summed E-state index contributed by atoms with van der Waals surface area (Å²) in [6, 6.07) is 9.24. The zero-order chi connectivity index (χ0) is 21.7. The topological polar surface area (TPSA) is 113 Å². The molecular formula is C21H20N4O6. The van der Waals surface area contributed by atoms with E-state index in [-0.39, 0.29) is 12.6 Å². The van der Waals surface area contributed by atoms with E-state index in [1.54, 1.807) is 17.2 Å². The SMILES string of the molecule is CN(C[C@@H]1OC(=O)N2c3ccc(-c4ccc(N5CCOC5=O)nc4)cc3C[C@@H]12)C(=O)O. The molecule has 2 saturated heterocycles. The molecule has 0 bridgehead atoms. The molecule has 1 aromatic heterocycles. The van der Waals surface area contributed by atoms with E-state index in [9.17, 15) is 14.4 Å². The highest BCUT2D eigenvalue weighted by Crippen LogP contribution is 2.40. The average Bonchev–Trinajstić information content (AvgIpc) is 3.43. The number of hydrogen-bond donors (Lipinski definition) is 1. The van der Waals surface area contributed by atoms with E-state index in [0.29, 0.717) is 25.4 Å². The molecule has 0 spiro atoms. The maximum atomic E-state index is 12.4. The number of fused-ring (bicyclic) bond motifs is 3. The largest absolute Gasteiger partial charge is 0.465 e. The Hall–Kier alpha value is -3.82. The molecule has 0 saturated carbocycles. The first kappa shape index (κ1) is 19.2. The van der Waals surface area contributed by atoms with Crippen molar-refractivity contribution < 1.29 is 29.0 Å². The predicted molar refractivity (Wildman–Crippen MR) is 109 cm³/mol. The fourth-order valence-electron chi connectivity index (χ4n) is 4.28. The Morgan fingerprint density at radius 1 is 1.23 bits per heavy atom. The Bertz CT molecular complexity index is 1070. The van der Waals surface area contributed by atoms with E-state index in [4.69, 9.17) is 14.6 Å². The van der Waals surface area contributed by atoms with Crippen molar-refractivity contribution in [2.75, 3.05) is 36.5 Å². The summed E-state index contributed by atoms with van der Waals surface area (Å²) >= 11 is 0. The Morgan fingerprint density at radius 3 is 2.71 bits per heavy atom. The van der Waals surface area contributed by atoms with Crippen LogP contribution in [0, 0.1) is 0 Å². The number of aromatic nitrogens is 1. The van der Waals surface area contributed by atoms with Crippen LogP contribution in [0.5, 0.6) is 0 Å². The van der Waals surface area contributed by atoms with Gasteiger partial charge in [0.15, 0.2) is 0 Å². The average molecular weight is 424 g/mol. The Morgan fingerprint density at radius 2 is 2.03 bits per heavy atom. The minimum Gasteiger partial charge on any atom is -0.465 e. The van der Waals surface area contributed by atoms with Gasteiger partial charge in [-0.3, -0.25) is 9.80 Å². The summed E-state index contributed by atoms with van der Waals surface area (Å²) < 4.78 is 10.4. The fourth-order valence-corrected chi connectivity index (χ4v) is 4.28. The minimum absolute atomic E-state index is 0.118. The van der Waals surface area contributed by atoms with Gasteiger partial charge in [-0.15, -0.1) is 0 Å². The second-order valence-electron chi connectivity index (χ2n) is 7.74. The molecule has 31 heavy (non-hydrogen) atoms. The van der Waals surface area contributed by atoms with E-state index in [1.165, 1.54) is 11.9 Å². The number of carbonyl (C=O) groups is 3. The third-order valence-corrected chi connectivity index (χ3v) is 5.88. The molecule has 5 rings (SSSR count). The van der Waals surface area contributed by atoms with Gasteiger partial charge in [-0.2, -0.15) is 0 Å². The van der Waals surface area contributed by atoms with Crippen LogP contribution in [0.25, 0.3) is 11.1 Å². The van der Waals surface area contributed by atoms with Gasteiger partial charge in [-0.05, 0) is 41.8 Å². The molecule has 10 nitrogen and oxygen atoms in total. The van der Waals surface area contributed by atoms with Crippen molar-refractivity contribution in [3.63, 3.8) is 0 Å². The number of anilines is 2. The van der Waals surface area contributed by atoms with Gasteiger partial charge in [0.2, 0.25) is 0 Å². The molecule has 4 heterocycles. The zero-order valence-electron chi connectivity index (χ0n) is 16.7. The Labute approximate surface area is 177 Å². The number of pyridine rings is 1. The number of ether oxygens (including phenoxy) is 2. The summed E-state index contributed by atoms with van der Waals surface area (Å²) in [6.07, 6.45) is -0.149. The first-order valence-electron chi connectivity index (χ1n) is 9.90. The van der Waals surface area contributed by atoms with Gasteiger partial charge in [0.1, 0.15) is 18.5 Å². The second-order valence-corrected chi connectivity index (χ2v) is 7.74. The molecular weight excluding hydrogens is 404 g/mol. The number of hydrogen-bond acceptors (Lipinski definition) is 6. The molecule has 160 valence electrons. The van der Waals surface area contributed by atoms with Crippen LogP contribution in [0.1, 0.15) is 5.56 Å². The number of carbonyl (C=O) groups excluding carboxylic acids is 2. The van der Waals surface area contributed by atoms with Crippen molar-refractivity contribution in [3.8, 4) is 11.1 Å². The van der Waals surface area contributed by atoms with Crippen LogP contribution in [0.2, 0.25) is 0 Å². The van der Waals surface area contributed by atoms with E-state index in [0.717, 1.165) is 27.3 Å². The number of rotatable bonds is 4. The van der Waals surface area contributed by atoms with Gasteiger partial charge < -0.3 is 19.5 Å². The van der Waals surface area contributed by atoms with Crippen LogP contribution < -0.4 is 9.80 Å². The third kappa shape index (κ3) is 3.20. The standard InChI is InChI=1S/C21H20N4O6/c1-23(19(26)27)11-17-16-9-14-8-12(2-4-15(14)25(16)21(29)31-17)13-3-5-18(22-10-13)24-6-7-30-20(24)28/h2-5,8,10,16-17H,6-7,9,11H2,1H3,(H,26,27)/t16-,17-/m0/s1. The first-order chi connectivity index (χ1) is 14.9. The summed E-state index contributed by atoms with van der Waals surface area (Å²) in [6.45, 7) is 0.958. The number of benzene rings is 1. The number of nitrogens with zero attached hydrogens (tertiary/aromatic N) is 4. The lowest BCUT2D eigenvalue weighted by Gasteiger charge is -2.21. The van der Waals surface area contributed by atoms with Crippen LogP contribution in [0.15, 0.2) is 36.5 Å². The summed E-state index contributed by atoms with van der Waals surface area (Å²) in [7, 11) is 1.46. The van der Waals surface area contributed by atoms with E-state index in [1.807, 2.05) is 24.3 Å². The quantitative estimate of drug-likeness (QED) is 0.803. The Kier molecular flexibility index (Phi) is 4.42. The van der Waals surface area contributed by atoms with Crippen molar-refractivity contribution in [1.29, 1.82) is 0 Å². The lowest BCUT2D eigenvalue weighted by atomic mass is 10.0. The highest BCUT2D eigenvalue weighted by Gasteiger charge is 2.48. The number of carboxylic acid groups (broad SMARTS) is 1. The van der Waals surface area contributed by atoms with Crippen molar-refractivity contribution in [3.05, 3.63) is 42.1 Å². The van der Waals surface area contributed by atoms with Gasteiger partial charge in [-0.25, -0.2) is 19.4 Å². The third-order valence-electron chi connectivity index (χ3n) is 5.88. The molecule has 1 N–H and O–H groups in total. The van der Waals surface area contributed by atoms with Crippen LogP contribution in [0.4, 0.5) is 25.9 Å². The second kappa shape index (κ2) is 7.15. The molecule has 0 unspecified atom stereocenters. The highest BCUT2D eigenvalue weighted by molar-refractivity contribution is 5.94. The van der Waals surface area contributed by atoms with Crippen molar-refractivity contribution in [2.45, 2.75) is 18.6 Å². The summed E-state index contributed by atoms with van der Waals surface area (Å²) in [5, 5.41) is 9.13. The van der Waals surface area contributed by atoms with Crippen molar-refractivity contribution in [2.24, 2.45) is 0 Å². The molecule has 2 aromatic rings. The normalized spacial score (nSPS) is 21.6. The molecule has 10 heteroatoms. The highest BCUT2D eigenvalue weighted by atomic mass is 16.6. The van der Waals surface area contributed by atoms with Gasteiger partial charge in [0.05, 0.1) is 24.8 Å². The molecule has 2 atom stereocenters. The maximum absolute atomic E-state index is 12.4. The summed E-state index contributed by atoms with van der Waals surface area (Å²) in [5.74, 6) is 0.543. The monoisotopic (exact) mass is 424 g/mol. The van der Waals surface area contributed by atoms with Gasteiger partial charge in [0.25, 0.3) is 0 Å². The summed E-state index contributed by atoms with van der Waals surface area (Å²) in [4.78, 5) is 43.9. The molecule has 3 aliphatic rings. The minimum atomic E-state index is -1.06. The molecule has 0 radical (unpaired) electrons. The first-order valence-corrected chi connectivity index (χ1v) is 9.90. The predicted octanol–water partition coefficient (Wildman–Crippen LogP) is 2.56. The molecule has 3 aliphatic heterocycles. The molecule has 0 aliphatic carbocycles. The van der Waals surface area contributed by atoms with E-state index in [2.05, 4.69) is 4.98 Å². The Balaban J connectivity index is 1.37. The lowest BCUT2D eigenvalue weighted by Crippen LogP contribution is -2.41. The number of likely N-dealkylation sites (N-methyl/N-ethyl adjacent to an activating group) is 1. The van der Waals surface area contributed by atoms with Crippen molar-refractivity contribution >= 4 is 29.8 Å². The van der Waals surface area contributed by atoms with E-state index >= 15 is 0 Å². The maximum Gasteiger partial charge on any atom is 0.415 e. The van der Waals surface area contributed by atoms with Crippen LogP contribution in [-0.4, -0.2) is 72.2 Å². The summed E-state index contributed by atoms with van der Waals surface area (Å²) in [5.41, 5.74) is 3.60. The van der Waals surface area contributed by atoms with Crippen LogP contribution >= 0.6 is 0 Å². The molecule has 1 aromatic carbocycles. The van der Waals surface area contributed by atoms with E-state index < -0.39 is 24.4 Å². The van der Waals surface area contributed by atoms with Crippen LogP contribution in [0.3, 0.4) is 0 Å². The fraction of sp³-hybridized carbons (Fsp3) is 0.333. The number of cyclic esters (lactones) is 2. The molecule has 3 amide bonds. The van der Waals surface area contributed by atoms with Crippen molar-refractivity contribution in [1.82, 2.24) is 9.88 Å². The van der Waals surface area contributed by atoms with Gasteiger partial charge >= 0.3 is 18.3 Å². The smallest absolute Gasteiger partial charge is 0.415 e. The van der Waals surface area contributed by atoms with Gasteiger partial charge in [0, 0.05) is 18.8 Å². The number of amides is 3. The van der Waals surface area contributed by atoms with Gasteiger partial charge in [-0.1, -0.05) is 6.07 Å². The molecule has 2 fully saturated rings. The zero-order valence-corrected chi connectivity index (χ0v) is 16.7. The lowest BCUT2D eigenvalue weighted by molar-refractivity contribution is 0.0961. The van der Waals surface area contributed by atoms with Crippen LogP contribution in [-0.2, 0) is 15.9 Å².